The van der Waals surface area contributed by atoms with Crippen LogP contribution in [0.15, 0.2) is 233 Å². The smallest absolute Gasteiger partial charge is 0.160 e. The number of hydrogen-bond acceptors (Lipinski definition) is 5. The van der Waals surface area contributed by atoms with E-state index >= 15 is 0 Å². The van der Waals surface area contributed by atoms with Gasteiger partial charge >= 0.3 is 0 Å². The maximum atomic E-state index is 11.5. The standard InChI is InChI=1S/C65H37N5O2/c66-38-41-21-15-29-53(69-51-27-11-7-24-47(51)61-55(69)35-33-44-42-22-9-13-31-57(42)71-63(44)61)59(41)60-46(50-37-49(39-17-3-1-4-18-39)67-65(68-50)40-19-5-2-6-20-40)26-16-30-54(60)70-52-28-12-8-25-48(52)62-56(70)36-34-45-43-23-10-14-32-58(43)72-64(45)62/h1-37H. The monoisotopic (exact) mass is 919 g/mol. The Hall–Kier alpha value is -10.0. The van der Waals surface area contributed by atoms with Crippen molar-refractivity contribution in [2.75, 3.05) is 0 Å². The molecule has 0 aliphatic carbocycles. The molecule has 7 nitrogen and oxygen atoms in total. The summed E-state index contributed by atoms with van der Waals surface area (Å²) < 4.78 is 18.2. The van der Waals surface area contributed by atoms with Crippen molar-refractivity contribution < 1.29 is 8.83 Å². The summed E-state index contributed by atoms with van der Waals surface area (Å²) in [5.74, 6) is 0.596. The van der Waals surface area contributed by atoms with E-state index in [0.717, 1.165) is 132 Å². The van der Waals surface area contributed by atoms with Crippen LogP contribution in [-0.4, -0.2) is 19.1 Å². The molecule has 0 saturated heterocycles. The van der Waals surface area contributed by atoms with Gasteiger partial charge in [-0.05, 0) is 72.8 Å². The van der Waals surface area contributed by atoms with E-state index in [0.29, 0.717) is 17.1 Å². The lowest BCUT2D eigenvalue weighted by Crippen LogP contribution is -2.05. The van der Waals surface area contributed by atoms with Gasteiger partial charge in [0, 0.05) is 60.1 Å². The van der Waals surface area contributed by atoms with Crippen LogP contribution in [0.1, 0.15) is 5.56 Å². The summed E-state index contributed by atoms with van der Waals surface area (Å²) >= 11 is 0. The van der Waals surface area contributed by atoms with E-state index in [2.05, 4.69) is 155 Å². The van der Waals surface area contributed by atoms with Gasteiger partial charge in [0.05, 0.1) is 67.2 Å². The minimum absolute atomic E-state index is 0.512. The highest BCUT2D eigenvalue weighted by molar-refractivity contribution is 6.25. The van der Waals surface area contributed by atoms with Crippen LogP contribution < -0.4 is 0 Å². The maximum Gasteiger partial charge on any atom is 0.160 e. The number of rotatable bonds is 6. The highest BCUT2D eigenvalue weighted by atomic mass is 16.3. The van der Waals surface area contributed by atoms with E-state index in [-0.39, 0.29) is 0 Å². The predicted molar refractivity (Wildman–Crippen MR) is 292 cm³/mol. The minimum Gasteiger partial charge on any atom is -0.455 e. The Morgan fingerprint density at radius 2 is 0.861 bits per heavy atom. The summed E-state index contributed by atoms with van der Waals surface area (Å²) in [7, 11) is 0. The zero-order chi connectivity index (χ0) is 47.4. The molecule has 0 atom stereocenters. The Morgan fingerprint density at radius 1 is 0.375 bits per heavy atom. The van der Waals surface area contributed by atoms with Crippen LogP contribution in [-0.2, 0) is 0 Å². The number of aromatic nitrogens is 4. The second kappa shape index (κ2) is 15.5. The van der Waals surface area contributed by atoms with Gasteiger partial charge < -0.3 is 18.0 Å². The lowest BCUT2D eigenvalue weighted by atomic mass is 9.90. The van der Waals surface area contributed by atoms with E-state index < -0.39 is 0 Å². The molecule has 0 saturated carbocycles. The Labute approximate surface area is 411 Å². The average molecular weight is 920 g/mol. The number of benzene rings is 10. The zero-order valence-corrected chi connectivity index (χ0v) is 38.4. The van der Waals surface area contributed by atoms with Crippen LogP contribution in [0.4, 0.5) is 0 Å². The fraction of sp³-hybridized carbons (Fsp3) is 0. The molecule has 0 aliphatic heterocycles. The van der Waals surface area contributed by atoms with Gasteiger partial charge in [-0.3, -0.25) is 0 Å². The van der Waals surface area contributed by atoms with Crippen molar-refractivity contribution in [3.63, 3.8) is 0 Å². The average Bonchev–Trinajstić information content (AvgIpc) is 4.21. The third-order valence-corrected chi connectivity index (χ3v) is 14.4. The molecule has 5 aromatic heterocycles. The van der Waals surface area contributed by atoms with E-state index in [1.54, 1.807) is 0 Å². The fourth-order valence-corrected chi connectivity index (χ4v) is 11.3. The largest absolute Gasteiger partial charge is 0.455 e. The Kier molecular flexibility index (Phi) is 8.59. The number of hydrogen-bond donors (Lipinski definition) is 0. The van der Waals surface area contributed by atoms with Crippen molar-refractivity contribution in [1.82, 2.24) is 19.1 Å². The zero-order valence-electron chi connectivity index (χ0n) is 38.4. The third kappa shape index (κ3) is 5.78. The first kappa shape index (κ1) is 39.9. The Bertz CT molecular complexity index is 4700. The topological polar surface area (TPSA) is 85.7 Å². The van der Waals surface area contributed by atoms with Gasteiger partial charge in [0.2, 0.25) is 0 Å². The van der Waals surface area contributed by atoms with Gasteiger partial charge in [-0.1, -0.05) is 152 Å². The summed E-state index contributed by atoms with van der Waals surface area (Å²) in [6, 6.07) is 79.9. The van der Waals surface area contributed by atoms with Crippen LogP contribution >= 0.6 is 0 Å². The van der Waals surface area contributed by atoms with Gasteiger partial charge in [-0.25, -0.2) is 9.97 Å². The molecule has 0 bridgehead atoms. The van der Waals surface area contributed by atoms with Gasteiger partial charge in [0.1, 0.15) is 22.3 Å². The van der Waals surface area contributed by atoms with Crippen molar-refractivity contribution in [3.8, 4) is 62.5 Å². The summed E-state index contributed by atoms with van der Waals surface area (Å²) in [5.41, 5.74) is 15.3. The molecule has 15 aromatic rings. The SMILES string of the molecule is N#Cc1cccc(-n2c3ccccc3c3c4oc5ccccc5c4ccc32)c1-c1c(-c2cc(-c3ccccc3)nc(-c3ccccc3)n2)cccc1-n1c2ccccc2c2c3oc4ccccc4c3ccc21. The molecule has 0 spiro atoms. The Balaban J connectivity index is 1.11. The van der Waals surface area contributed by atoms with E-state index in [4.69, 9.17) is 18.8 Å². The van der Waals surface area contributed by atoms with Gasteiger partial charge in [0.25, 0.3) is 0 Å². The number of nitriles is 1. The summed E-state index contributed by atoms with van der Waals surface area (Å²) in [6.45, 7) is 0. The molecular weight excluding hydrogens is 883 g/mol. The summed E-state index contributed by atoms with van der Waals surface area (Å²) in [4.78, 5) is 10.7. The number of nitrogens with zero attached hydrogens (tertiary/aromatic N) is 5. The van der Waals surface area contributed by atoms with Crippen molar-refractivity contribution >= 4 is 87.5 Å². The molecular formula is C65H37N5O2. The van der Waals surface area contributed by atoms with Crippen LogP contribution in [0.2, 0.25) is 0 Å². The molecule has 0 unspecified atom stereocenters. The van der Waals surface area contributed by atoms with Gasteiger partial charge in [-0.2, -0.15) is 5.26 Å². The quantitative estimate of drug-likeness (QED) is 0.166. The van der Waals surface area contributed by atoms with Crippen molar-refractivity contribution in [1.29, 1.82) is 5.26 Å². The molecule has 0 amide bonds. The highest BCUT2D eigenvalue weighted by Gasteiger charge is 2.28. The number of fused-ring (bicyclic) bond motifs is 14. The maximum absolute atomic E-state index is 11.5. The molecule has 334 valence electrons. The van der Waals surface area contributed by atoms with Crippen LogP contribution in [0.25, 0.3) is 144 Å². The van der Waals surface area contributed by atoms with Crippen molar-refractivity contribution in [2.45, 2.75) is 0 Å². The molecule has 0 N–H and O–H groups in total. The third-order valence-electron chi connectivity index (χ3n) is 14.4. The second-order valence-corrected chi connectivity index (χ2v) is 18.3. The fourth-order valence-electron chi connectivity index (χ4n) is 11.3. The highest BCUT2D eigenvalue weighted by Crippen LogP contribution is 2.49. The van der Waals surface area contributed by atoms with Crippen molar-refractivity contribution in [2.24, 2.45) is 0 Å². The normalized spacial score (nSPS) is 11.9. The van der Waals surface area contributed by atoms with Gasteiger partial charge in [0.15, 0.2) is 5.82 Å². The molecule has 5 heterocycles. The number of para-hydroxylation sites is 4. The molecule has 0 fully saturated rings. The molecule has 7 heteroatoms. The van der Waals surface area contributed by atoms with Gasteiger partial charge in [-0.15, -0.1) is 0 Å². The lowest BCUT2D eigenvalue weighted by molar-refractivity contribution is 0.672. The molecule has 10 aromatic carbocycles. The summed E-state index contributed by atoms with van der Waals surface area (Å²) in [6.07, 6.45) is 0. The molecule has 0 radical (unpaired) electrons. The van der Waals surface area contributed by atoms with Crippen LogP contribution in [0.5, 0.6) is 0 Å². The molecule has 15 rings (SSSR count). The second-order valence-electron chi connectivity index (χ2n) is 18.3. The van der Waals surface area contributed by atoms with Crippen LogP contribution in [0.3, 0.4) is 0 Å². The summed E-state index contributed by atoms with van der Waals surface area (Å²) in [5, 5.41) is 19.9. The number of furan rings is 2. The Morgan fingerprint density at radius 3 is 1.44 bits per heavy atom. The van der Waals surface area contributed by atoms with E-state index in [1.807, 2.05) is 84.9 Å². The molecule has 72 heavy (non-hydrogen) atoms. The van der Waals surface area contributed by atoms with E-state index in [9.17, 15) is 5.26 Å². The first-order valence-corrected chi connectivity index (χ1v) is 24.0. The molecule has 0 aliphatic rings. The first-order valence-electron chi connectivity index (χ1n) is 24.0. The van der Waals surface area contributed by atoms with E-state index in [1.165, 1.54) is 0 Å². The minimum atomic E-state index is 0.512. The lowest BCUT2D eigenvalue weighted by Gasteiger charge is -2.22. The predicted octanol–water partition coefficient (Wildman–Crippen LogP) is 17.0. The van der Waals surface area contributed by atoms with Crippen molar-refractivity contribution in [3.05, 3.63) is 230 Å². The van der Waals surface area contributed by atoms with Crippen LogP contribution in [0, 0.1) is 11.3 Å². The first-order chi connectivity index (χ1) is 35.7.